The van der Waals surface area contributed by atoms with Crippen molar-refractivity contribution in [2.45, 2.75) is 18.8 Å². The number of allylic oxidation sites excluding steroid dienone is 1. The minimum Gasteiger partial charge on any atom is -0.469 e. The normalized spacial score (nSPS) is 24.1. The molecule has 0 bridgehead atoms. The van der Waals surface area contributed by atoms with Crippen LogP contribution in [0.2, 0.25) is 0 Å². The Labute approximate surface area is 95.9 Å². The molecule has 2 rings (SSSR count). The van der Waals surface area contributed by atoms with Crippen molar-refractivity contribution in [3.63, 3.8) is 0 Å². The second kappa shape index (κ2) is 4.97. The first-order chi connectivity index (χ1) is 7.81. The van der Waals surface area contributed by atoms with E-state index in [9.17, 15) is 4.79 Å². The summed E-state index contributed by atoms with van der Waals surface area (Å²) in [5.41, 5.74) is 1.32. The molecule has 0 saturated heterocycles. The molecule has 0 aliphatic heterocycles. The Morgan fingerprint density at radius 3 is 2.50 bits per heavy atom. The molecular weight excluding hydrogens is 200 g/mol. The molecule has 2 nitrogen and oxygen atoms in total. The van der Waals surface area contributed by atoms with Gasteiger partial charge in [0.1, 0.15) is 0 Å². The van der Waals surface area contributed by atoms with Crippen LogP contribution in [0.15, 0.2) is 42.5 Å². The van der Waals surface area contributed by atoms with Crippen molar-refractivity contribution in [2.75, 3.05) is 7.11 Å². The number of ether oxygens (including phenoxy) is 1. The molecule has 1 aliphatic carbocycles. The molecule has 84 valence electrons. The smallest absolute Gasteiger partial charge is 0.312 e. The quantitative estimate of drug-likeness (QED) is 0.561. The Kier molecular flexibility index (Phi) is 3.40. The lowest BCUT2D eigenvalue weighted by Gasteiger charge is -2.21. The number of methoxy groups -OCH3 is 1. The minimum absolute atomic E-state index is 0.0510. The van der Waals surface area contributed by atoms with Gasteiger partial charge in [-0.05, 0) is 18.4 Å². The van der Waals surface area contributed by atoms with Crippen molar-refractivity contribution in [2.24, 2.45) is 5.92 Å². The molecule has 0 heterocycles. The lowest BCUT2D eigenvalue weighted by atomic mass is 9.84. The van der Waals surface area contributed by atoms with E-state index in [4.69, 9.17) is 4.74 Å². The van der Waals surface area contributed by atoms with Crippen LogP contribution in [0.25, 0.3) is 0 Å². The lowest BCUT2D eigenvalue weighted by Crippen LogP contribution is -2.18. The summed E-state index contributed by atoms with van der Waals surface area (Å²) in [5.74, 6) is 0.273. The number of benzene rings is 1. The number of rotatable bonds is 2. The highest BCUT2D eigenvalue weighted by atomic mass is 16.5. The van der Waals surface area contributed by atoms with Crippen molar-refractivity contribution in [3.05, 3.63) is 48.0 Å². The van der Waals surface area contributed by atoms with Gasteiger partial charge < -0.3 is 4.74 Å². The van der Waals surface area contributed by atoms with Gasteiger partial charge in [0.2, 0.25) is 0 Å². The van der Waals surface area contributed by atoms with Crippen molar-refractivity contribution in [3.8, 4) is 0 Å². The topological polar surface area (TPSA) is 26.3 Å². The van der Waals surface area contributed by atoms with Gasteiger partial charge in [-0.15, -0.1) is 0 Å². The first-order valence-electron chi connectivity index (χ1n) is 5.62. The van der Waals surface area contributed by atoms with Crippen LogP contribution in [0.3, 0.4) is 0 Å². The van der Waals surface area contributed by atoms with Crippen molar-refractivity contribution in [1.29, 1.82) is 0 Å². The zero-order valence-corrected chi connectivity index (χ0v) is 9.43. The Morgan fingerprint density at radius 1 is 1.19 bits per heavy atom. The second-order valence-corrected chi connectivity index (χ2v) is 4.11. The van der Waals surface area contributed by atoms with Gasteiger partial charge in [-0.2, -0.15) is 0 Å². The highest BCUT2D eigenvalue weighted by molar-refractivity contribution is 5.74. The highest BCUT2D eigenvalue weighted by Gasteiger charge is 2.22. The van der Waals surface area contributed by atoms with Crippen LogP contribution >= 0.6 is 0 Å². The van der Waals surface area contributed by atoms with E-state index in [1.807, 2.05) is 12.1 Å². The van der Waals surface area contributed by atoms with Crippen LogP contribution in [-0.4, -0.2) is 13.1 Å². The van der Waals surface area contributed by atoms with Crippen LogP contribution < -0.4 is 0 Å². The van der Waals surface area contributed by atoms with Gasteiger partial charge in [0.25, 0.3) is 0 Å². The average molecular weight is 216 g/mol. The molecule has 16 heavy (non-hydrogen) atoms. The molecular formula is C14H16O2. The predicted molar refractivity (Wildman–Crippen MR) is 63.1 cm³/mol. The maximum atomic E-state index is 11.3. The summed E-state index contributed by atoms with van der Waals surface area (Å²) in [6.45, 7) is 0. The van der Waals surface area contributed by atoms with E-state index in [1.165, 1.54) is 12.7 Å². The number of carbonyl (C=O) groups excluding carboxylic acids is 1. The van der Waals surface area contributed by atoms with Gasteiger partial charge in [-0.25, -0.2) is 0 Å². The van der Waals surface area contributed by atoms with E-state index in [1.54, 1.807) is 0 Å². The standard InChI is InChI=1S/C14H16O2/c1-16-14(15)13-9-7-12(8-10-13)11-5-3-2-4-6-11/h2-7,9,12-13H,8,10H2,1H3/t12-,13+/m1/s1. The zero-order chi connectivity index (χ0) is 11.4. The van der Waals surface area contributed by atoms with E-state index < -0.39 is 0 Å². The third kappa shape index (κ3) is 2.32. The fourth-order valence-electron chi connectivity index (χ4n) is 2.15. The fourth-order valence-corrected chi connectivity index (χ4v) is 2.15. The summed E-state index contributed by atoms with van der Waals surface area (Å²) in [6, 6.07) is 10.4. The van der Waals surface area contributed by atoms with E-state index in [0.29, 0.717) is 5.92 Å². The first-order valence-corrected chi connectivity index (χ1v) is 5.62. The molecule has 0 unspecified atom stereocenters. The average Bonchev–Trinajstić information content (AvgIpc) is 2.39. The van der Waals surface area contributed by atoms with E-state index >= 15 is 0 Å². The molecule has 1 aromatic rings. The third-order valence-corrected chi connectivity index (χ3v) is 3.10. The molecule has 0 N–H and O–H groups in total. The van der Waals surface area contributed by atoms with Gasteiger partial charge in [-0.1, -0.05) is 42.5 Å². The Bertz CT molecular complexity index is 381. The number of esters is 1. The van der Waals surface area contributed by atoms with Crippen LogP contribution in [0.1, 0.15) is 24.3 Å². The highest BCUT2D eigenvalue weighted by Crippen LogP contribution is 2.30. The number of carbonyl (C=O) groups is 1. The number of hydrogen-bond donors (Lipinski definition) is 0. The molecule has 0 spiro atoms. The van der Waals surface area contributed by atoms with Crippen molar-refractivity contribution < 1.29 is 9.53 Å². The summed E-state index contributed by atoms with van der Waals surface area (Å²) in [5, 5.41) is 0. The molecule has 1 aliphatic rings. The molecule has 2 atom stereocenters. The van der Waals surface area contributed by atoms with Crippen LogP contribution in [0.4, 0.5) is 0 Å². The SMILES string of the molecule is COC(=O)[C@H]1C=C[C@@H](c2ccccc2)CC1. The van der Waals surface area contributed by atoms with Gasteiger partial charge >= 0.3 is 5.97 Å². The third-order valence-electron chi connectivity index (χ3n) is 3.10. The predicted octanol–water partition coefficient (Wildman–Crippen LogP) is 2.91. The monoisotopic (exact) mass is 216 g/mol. The molecule has 0 saturated carbocycles. The van der Waals surface area contributed by atoms with Crippen LogP contribution in [0, 0.1) is 5.92 Å². The Morgan fingerprint density at radius 2 is 1.94 bits per heavy atom. The second-order valence-electron chi connectivity index (χ2n) is 4.11. The molecule has 0 radical (unpaired) electrons. The van der Waals surface area contributed by atoms with Gasteiger partial charge in [-0.3, -0.25) is 4.79 Å². The van der Waals surface area contributed by atoms with E-state index in [-0.39, 0.29) is 11.9 Å². The molecule has 2 heteroatoms. The maximum absolute atomic E-state index is 11.3. The first kappa shape index (κ1) is 10.9. The van der Waals surface area contributed by atoms with Gasteiger partial charge in [0, 0.05) is 5.92 Å². The summed E-state index contributed by atoms with van der Waals surface area (Å²) in [4.78, 5) is 11.3. The molecule has 0 amide bonds. The fraction of sp³-hybridized carbons (Fsp3) is 0.357. The minimum atomic E-state index is -0.122. The van der Waals surface area contributed by atoms with Gasteiger partial charge in [0.15, 0.2) is 0 Å². The Hall–Kier alpha value is -1.57. The lowest BCUT2D eigenvalue weighted by molar-refractivity contribution is -0.144. The van der Waals surface area contributed by atoms with E-state index in [0.717, 1.165) is 12.8 Å². The van der Waals surface area contributed by atoms with Crippen molar-refractivity contribution >= 4 is 5.97 Å². The largest absolute Gasteiger partial charge is 0.469 e. The summed E-state index contributed by atoms with van der Waals surface area (Å²) in [6.07, 6.45) is 6.00. The van der Waals surface area contributed by atoms with Crippen molar-refractivity contribution in [1.82, 2.24) is 0 Å². The number of hydrogen-bond acceptors (Lipinski definition) is 2. The summed E-state index contributed by atoms with van der Waals surface area (Å²) >= 11 is 0. The molecule has 0 fully saturated rings. The van der Waals surface area contributed by atoms with Crippen LogP contribution in [-0.2, 0) is 9.53 Å². The zero-order valence-electron chi connectivity index (χ0n) is 9.43. The summed E-state index contributed by atoms with van der Waals surface area (Å²) in [7, 11) is 1.44. The van der Waals surface area contributed by atoms with Crippen LogP contribution in [0.5, 0.6) is 0 Å². The summed E-state index contributed by atoms with van der Waals surface area (Å²) < 4.78 is 4.74. The molecule has 0 aromatic heterocycles. The molecule has 1 aromatic carbocycles. The maximum Gasteiger partial charge on any atom is 0.312 e. The van der Waals surface area contributed by atoms with E-state index in [2.05, 4.69) is 30.3 Å². The van der Waals surface area contributed by atoms with Gasteiger partial charge in [0.05, 0.1) is 13.0 Å². The Balaban J connectivity index is 2.06.